The second-order valence-electron chi connectivity index (χ2n) is 2.71. The highest BCUT2D eigenvalue weighted by atomic mass is 19.1. The minimum Gasteiger partial charge on any atom is -0.496 e. The minimum atomic E-state index is -0.244. The Labute approximate surface area is 72.2 Å². The van der Waals surface area contributed by atoms with Crippen LogP contribution in [0.15, 0.2) is 18.2 Å². The van der Waals surface area contributed by atoms with E-state index in [0.29, 0.717) is 5.75 Å². The zero-order chi connectivity index (χ0) is 8.97. The maximum atomic E-state index is 12.7. The molecule has 0 fully saturated rings. The SMILES string of the molecule is CCCc1ccc(F)cc1OC. The van der Waals surface area contributed by atoms with Crippen LogP contribution in [0, 0.1) is 5.82 Å². The molecule has 0 N–H and O–H groups in total. The molecule has 0 aliphatic heterocycles. The first kappa shape index (κ1) is 9.04. The zero-order valence-corrected chi connectivity index (χ0v) is 7.43. The molecule has 2 heteroatoms. The largest absolute Gasteiger partial charge is 0.496 e. The van der Waals surface area contributed by atoms with Crippen LogP contribution in [0.4, 0.5) is 4.39 Å². The lowest BCUT2D eigenvalue weighted by molar-refractivity contribution is 0.406. The van der Waals surface area contributed by atoms with E-state index < -0.39 is 0 Å². The third-order valence-electron chi connectivity index (χ3n) is 1.77. The Hall–Kier alpha value is -1.05. The van der Waals surface area contributed by atoms with Gasteiger partial charge in [0, 0.05) is 6.07 Å². The van der Waals surface area contributed by atoms with Crippen molar-refractivity contribution in [2.75, 3.05) is 7.11 Å². The summed E-state index contributed by atoms with van der Waals surface area (Å²) in [6.07, 6.45) is 1.98. The van der Waals surface area contributed by atoms with Crippen LogP contribution in [0.1, 0.15) is 18.9 Å². The summed E-state index contributed by atoms with van der Waals surface area (Å²) in [7, 11) is 1.56. The second-order valence-corrected chi connectivity index (χ2v) is 2.71. The van der Waals surface area contributed by atoms with Crippen LogP contribution in [0.2, 0.25) is 0 Å². The molecular weight excluding hydrogens is 155 g/mol. The van der Waals surface area contributed by atoms with Gasteiger partial charge in [-0.15, -0.1) is 0 Å². The van der Waals surface area contributed by atoms with Crippen LogP contribution in [0.3, 0.4) is 0 Å². The molecule has 0 unspecified atom stereocenters. The van der Waals surface area contributed by atoms with Gasteiger partial charge in [0.25, 0.3) is 0 Å². The van der Waals surface area contributed by atoms with Gasteiger partial charge in [0.1, 0.15) is 11.6 Å². The molecule has 0 aliphatic carbocycles. The monoisotopic (exact) mass is 168 g/mol. The highest BCUT2D eigenvalue weighted by Gasteiger charge is 2.02. The fourth-order valence-electron chi connectivity index (χ4n) is 1.19. The average Bonchev–Trinajstić information content (AvgIpc) is 2.08. The number of methoxy groups -OCH3 is 1. The van der Waals surface area contributed by atoms with E-state index in [-0.39, 0.29) is 5.82 Å². The minimum absolute atomic E-state index is 0.244. The Bertz CT molecular complexity index is 258. The van der Waals surface area contributed by atoms with E-state index in [0.717, 1.165) is 18.4 Å². The normalized spacial score (nSPS) is 9.92. The summed E-state index contributed by atoms with van der Waals surface area (Å²) in [4.78, 5) is 0. The molecular formula is C10H13FO. The third-order valence-corrected chi connectivity index (χ3v) is 1.77. The lowest BCUT2D eigenvalue weighted by Gasteiger charge is -2.06. The molecule has 0 spiro atoms. The smallest absolute Gasteiger partial charge is 0.126 e. The molecule has 0 aliphatic rings. The van der Waals surface area contributed by atoms with E-state index >= 15 is 0 Å². The van der Waals surface area contributed by atoms with Gasteiger partial charge in [-0.1, -0.05) is 19.4 Å². The highest BCUT2D eigenvalue weighted by Crippen LogP contribution is 2.20. The highest BCUT2D eigenvalue weighted by molar-refractivity contribution is 5.33. The first-order valence-electron chi connectivity index (χ1n) is 4.10. The number of hydrogen-bond donors (Lipinski definition) is 0. The molecule has 1 nitrogen and oxygen atoms in total. The van der Waals surface area contributed by atoms with E-state index in [1.165, 1.54) is 12.1 Å². The van der Waals surface area contributed by atoms with Gasteiger partial charge in [-0.25, -0.2) is 4.39 Å². The number of rotatable bonds is 3. The molecule has 0 heterocycles. The van der Waals surface area contributed by atoms with Crippen molar-refractivity contribution in [2.45, 2.75) is 19.8 Å². The molecule has 12 heavy (non-hydrogen) atoms. The first-order valence-corrected chi connectivity index (χ1v) is 4.10. The number of aryl methyl sites for hydroxylation is 1. The van der Waals surface area contributed by atoms with Crippen LogP contribution in [-0.4, -0.2) is 7.11 Å². The van der Waals surface area contributed by atoms with Gasteiger partial charge in [-0.05, 0) is 18.1 Å². The Morgan fingerprint density at radius 3 is 2.75 bits per heavy atom. The average molecular weight is 168 g/mol. The van der Waals surface area contributed by atoms with E-state index in [9.17, 15) is 4.39 Å². The molecule has 0 radical (unpaired) electrons. The Morgan fingerprint density at radius 2 is 2.17 bits per heavy atom. The van der Waals surface area contributed by atoms with Crippen LogP contribution in [-0.2, 0) is 6.42 Å². The summed E-state index contributed by atoms with van der Waals surface area (Å²) in [5.41, 5.74) is 1.07. The topological polar surface area (TPSA) is 9.23 Å². The summed E-state index contributed by atoms with van der Waals surface area (Å²) in [5, 5.41) is 0. The van der Waals surface area contributed by atoms with Crippen molar-refractivity contribution in [1.29, 1.82) is 0 Å². The molecule has 66 valence electrons. The molecule has 0 amide bonds. The Kier molecular flexibility index (Phi) is 3.09. The lowest BCUT2D eigenvalue weighted by atomic mass is 10.1. The van der Waals surface area contributed by atoms with Crippen LogP contribution >= 0.6 is 0 Å². The molecule has 1 rings (SSSR count). The van der Waals surface area contributed by atoms with Crippen molar-refractivity contribution < 1.29 is 9.13 Å². The van der Waals surface area contributed by atoms with Crippen molar-refractivity contribution in [3.63, 3.8) is 0 Å². The molecule has 0 aromatic heterocycles. The summed E-state index contributed by atoms with van der Waals surface area (Å²) in [6.45, 7) is 2.09. The van der Waals surface area contributed by atoms with Crippen molar-refractivity contribution >= 4 is 0 Å². The standard InChI is InChI=1S/C10H13FO/c1-3-4-8-5-6-9(11)7-10(8)12-2/h5-7H,3-4H2,1-2H3. The van der Waals surface area contributed by atoms with E-state index in [1.807, 2.05) is 0 Å². The van der Waals surface area contributed by atoms with Crippen LogP contribution in [0.25, 0.3) is 0 Å². The fourth-order valence-corrected chi connectivity index (χ4v) is 1.19. The molecule has 0 saturated heterocycles. The van der Waals surface area contributed by atoms with Crippen molar-refractivity contribution in [2.24, 2.45) is 0 Å². The third kappa shape index (κ3) is 1.97. The molecule has 0 atom stereocenters. The lowest BCUT2D eigenvalue weighted by Crippen LogP contribution is -1.92. The number of benzene rings is 1. The van der Waals surface area contributed by atoms with Crippen molar-refractivity contribution in [3.8, 4) is 5.75 Å². The number of hydrogen-bond acceptors (Lipinski definition) is 1. The maximum Gasteiger partial charge on any atom is 0.126 e. The van der Waals surface area contributed by atoms with Crippen LogP contribution < -0.4 is 4.74 Å². The van der Waals surface area contributed by atoms with Gasteiger partial charge in [0.2, 0.25) is 0 Å². The molecule has 1 aromatic rings. The van der Waals surface area contributed by atoms with Gasteiger partial charge < -0.3 is 4.74 Å². The Balaban J connectivity index is 2.94. The second kappa shape index (κ2) is 4.10. The van der Waals surface area contributed by atoms with Crippen LogP contribution in [0.5, 0.6) is 5.75 Å². The zero-order valence-electron chi connectivity index (χ0n) is 7.43. The summed E-state index contributed by atoms with van der Waals surface area (Å²) >= 11 is 0. The van der Waals surface area contributed by atoms with Crippen molar-refractivity contribution in [3.05, 3.63) is 29.6 Å². The van der Waals surface area contributed by atoms with Gasteiger partial charge in [-0.2, -0.15) is 0 Å². The fraction of sp³-hybridized carbons (Fsp3) is 0.400. The quantitative estimate of drug-likeness (QED) is 0.674. The van der Waals surface area contributed by atoms with E-state index in [2.05, 4.69) is 6.92 Å². The predicted molar refractivity (Wildman–Crippen MR) is 46.9 cm³/mol. The van der Waals surface area contributed by atoms with E-state index in [1.54, 1.807) is 13.2 Å². The van der Waals surface area contributed by atoms with Gasteiger partial charge in [0.05, 0.1) is 7.11 Å². The maximum absolute atomic E-state index is 12.7. The number of halogens is 1. The van der Waals surface area contributed by atoms with Gasteiger partial charge in [-0.3, -0.25) is 0 Å². The summed E-state index contributed by atoms with van der Waals surface area (Å²) < 4.78 is 17.7. The summed E-state index contributed by atoms with van der Waals surface area (Å²) in [6, 6.07) is 4.66. The van der Waals surface area contributed by atoms with Crippen molar-refractivity contribution in [1.82, 2.24) is 0 Å². The molecule has 1 aromatic carbocycles. The Morgan fingerprint density at radius 1 is 1.42 bits per heavy atom. The predicted octanol–water partition coefficient (Wildman–Crippen LogP) is 2.79. The van der Waals surface area contributed by atoms with Gasteiger partial charge in [0.15, 0.2) is 0 Å². The molecule has 0 bridgehead atoms. The first-order chi connectivity index (χ1) is 5.77. The van der Waals surface area contributed by atoms with E-state index in [4.69, 9.17) is 4.74 Å². The summed E-state index contributed by atoms with van der Waals surface area (Å²) in [5.74, 6) is 0.406. The number of ether oxygens (including phenoxy) is 1. The van der Waals surface area contributed by atoms with Gasteiger partial charge >= 0.3 is 0 Å². The molecule has 0 saturated carbocycles.